The SMILES string of the molecule is N(=Nn1nnnc1-c1nn[nH]n1)n1nnnc1-c1nn[nH]n1.N1=NC(=C2N=NN=N2)N=N1.[Mn]. The van der Waals surface area contributed by atoms with Crippen LogP contribution in [-0.2, 0) is 17.1 Å². The molecule has 0 bridgehead atoms. The van der Waals surface area contributed by atoms with E-state index >= 15 is 0 Å². The van der Waals surface area contributed by atoms with Crippen molar-refractivity contribution in [2.75, 3.05) is 0 Å². The van der Waals surface area contributed by atoms with Crippen molar-refractivity contribution in [2.45, 2.75) is 0 Å². The van der Waals surface area contributed by atoms with E-state index in [-0.39, 0.29) is 52.0 Å². The van der Waals surface area contributed by atoms with E-state index in [4.69, 9.17) is 0 Å². The molecule has 1 radical (unpaired) electrons. The summed E-state index contributed by atoms with van der Waals surface area (Å²) >= 11 is 0. The van der Waals surface area contributed by atoms with Crippen LogP contribution in [-0.4, -0.2) is 81.9 Å². The van der Waals surface area contributed by atoms with Crippen LogP contribution in [0, 0.1) is 0 Å². The minimum atomic E-state index is 0. The summed E-state index contributed by atoms with van der Waals surface area (Å²) in [6.45, 7) is 0. The molecule has 0 spiro atoms. The zero-order chi connectivity index (χ0) is 21.6. The van der Waals surface area contributed by atoms with Crippen molar-refractivity contribution < 1.29 is 17.1 Å². The summed E-state index contributed by atoms with van der Waals surface area (Å²) in [5.41, 5.74) is 0. The molecule has 0 fully saturated rings. The van der Waals surface area contributed by atoms with Gasteiger partial charge in [-0.25, -0.2) is 0 Å². The molecule has 0 atom stereocenters. The summed E-state index contributed by atoms with van der Waals surface area (Å²) in [6.07, 6.45) is 0. The third-order valence-electron chi connectivity index (χ3n) is 3.05. The second kappa shape index (κ2) is 9.57. The molecule has 2 aliphatic heterocycles. The first-order valence-electron chi connectivity index (χ1n) is 7.73. The average molecular weight is 493 g/mol. The summed E-state index contributed by atoms with van der Waals surface area (Å²) in [5.74, 6) is 0.992. The van der Waals surface area contributed by atoms with Crippen molar-refractivity contribution in [1.29, 1.82) is 0 Å². The summed E-state index contributed by atoms with van der Waals surface area (Å²) < 4.78 is 0. The molecule has 163 valence electrons. The Bertz CT molecular complexity index is 1220. The molecular formula is C6H2MnN26. The van der Waals surface area contributed by atoms with Crippen molar-refractivity contribution in [3.63, 3.8) is 0 Å². The van der Waals surface area contributed by atoms with E-state index in [2.05, 4.69) is 124 Å². The van der Waals surface area contributed by atoms with Gasteiger partial charge in [-0.1, -0.05) is 9.58 Å². The molecule has 0 aromatic carbocycles. The van der Waals surface area contributed by atoms with Crippen LogP contribution in [0.2, 0.25) is 0 Å². The van der Waals surface area contributed by atoms with Crippen molar-refractivity contribution in [1.82, 2.24) is 81.9 Å². The maximum absolute atomic E-state index is 3.75. The van der Waals surface area contributed by atoms with E-state index in [1.165, 1.54) is 0 Å². The first kappa shape index (κ1) is 20.8. The summed E-state index contributed by atoms with van der Waals surface area (Å²) in [7, 11) is 0. The van der Waals surface area contributed by atoms with Crippen molar-refractivity contribution >= 4 is 0 Å². The Morgan fingerprint density at radius 3 is 1.36 bits per heavy atom. The van der Waals surface area contributed by atoms with Crippen molar-refractivity contribution in [2.24, 2.45) is 51.8 Å². The second-order valence-electron chi connectivity index (χ2n) is 4.84. The van der Waals surface area contributed by atoms with E-state index in [1.54, 1.807) is 0 Å². The number of aromatic amines is 2. The Morgan fingerprint density at radius 1 is 0.576 bits per heavy atom. The van der Waals surface area contributed by atoms with Crippen LogP contribution in [0.3, 0.4) is 0 Å². The van der Waals surface area contributed by atoms with E-state index in [0.29, 0.717) is 0 Å². The predicted molar refractivity (Wildman–Crippen MR) is 84.1 cm³/mol. The second-order valence-corrected chi connectivity index (χ2v) is 4.84. The maximum atomic E-state index is 3.75. The minimum Gasteiger partial charge on any atom is -0.177 e. The normalized spacial score (nSPS) is 13.7. The van der Waals surface area contributed by atoms with Crippen LogP contribution < -0.4 is 0 Å². The standard InChI is InChI=1S/C4H2N18.C2N8.Mn/c5-1(6-12-11-5)3-9-15-17-21(3)19-20-22-4(10-16-18-22)2-7-13-14-8-2;3-1(4-8-7-3)2-5-9-10-6-2;/h(H,5,6,11,12)(H,7,8,13,14);;. The number of nitrogens with zero attached hydrogens (tertiary/aromatic N) is 24. The summed E-state index contributed by atoms with van der Waals surface area (Å²) in [4.78, 5) is 1.93. The first-order valence-corrected chi connectivity index (χ1v) is 7.73. The van der Waals surface area contributed by atoms with Crippen LogP contribution in [0.5, 0.6) is 0 Å². The largest absolute Gasteiger partial charge is 0.249 e. The smallest absolute Gasteiger partial charge is 0.177 e. The Hall–Kier alpha value is -5.46. The van der Waals surface area contributed by atoms with Gasteiger partial charge in [-0.05, 0) is 62.6 Å². The van der Waals surface area contributed by atoms with E-state index in [1.807, 2.05) is 0 Å². The van der Waals surface area contributed by atoms with Gasteiger partial charge in [0, 0.05) is 17.1 Å². The molecule has 26 nitrogen and oxygen atoms in total. The molecule has 4 aromatic rings. The minimum absolute atomic E-state index is 0. The van der Waals surface area contributed by atoms with Gasteiger partial charge >= 0.3 is 0 Å². The molecule has 0 saturated carbocycles. The van der Waals surface area contributed by atoms with E-state index in [9.17, 15) is 0 Å². The molecule has 27 heteroatoms. The quantitative estimate of drug-likeness (QED) is 0.242. The van der Waals surface area contributed by atoms with Gasteiger partial charge in [0.1, 0.15) is 0 Å². The molecule has 6 heterocycles. The van der Waals surface area contributed by atoms with Gasteiger partial charge in [0.05, 0.1) is 0 Å². The van der Waals surface area contributed by atoms with Gasteiger partial charge in [0.25, 0.3) is 0 Å². The number of aromatic nitrogens is 16. The first-order chi connectivity index (χ1) is 15.9. The number of rotatable bonds is 4. The topological polar surface area (TPSA) is 320 Å². The fourth-order valence-corrected chi connectivity index (χ4v) is 1.81. The van der Waals surface area contributed by atoms with E-state index < -0.39 is 0 Å². The summed E-state index contributed by atoms with van der Waals surface area (Å²) in [6, 6.07) is 0. The molecule has 0 amide bonds. The molecule has 6 rings (SSSR count). The zero-order valence-corrected chi connectivity index (χ0v) is 16.3. The Labute approximate surface area is 186 Å². The van der Waals surface area contributed by atoms with E-state index in [0.717, 1.165) is 9.58 Å². The zero-order valence-electron chi connectivity index (χ0n) is 15.1. The molecule has 0 unspecified atom stereocenters. The molecule has 2 aliphatic rings. The number of tetrazole rings is 4. The Morgan fingerprint density at radius 2 is 1.00 bits per heavy atom. The van der Waals surface area contributed by atoms with Crippen LogP contribution >= 0.6 is 0 Å². The van der Waals surface area contributed by atoms with Crippen LogP contribution in [0.4, 0.5) is 0 Å². The number of hydrogen-bond acceptors (Lipinski definition) is 22. The fraction of sp³-hybridized carbons (Fsp3) is 0. The van der Waals surface area contributed by atoms with Crippen LogP contribution in [0.15, 0.2) is 63.4 Å². The molecular weight excluding hydrogens is 491 g/mol. The van der Waals surface area contributed by atoms with Crippen molar-refractivity contribution in [3.05, 3.63) is 11.6 Å². The molecule has 0 aliphatic carbocycles. The predicted octanol–water partition coefficient (Wildman–Crippen LogP) is -1.53. The molecule has 33 heavy (non-hydrogen) atoms. The van der Waals surface area contributed by atoms with Gasteiger partial charge in [-0.2, -0.15) is 10.4 Å². The molecule has 0 saturated heterocycles. The van der Waals surface area contributed by atoms with Crippen molar-refractivity contribution in [3.8, 4) is 23.3 Å². The number of hydrogen-bond donors (Lipinski definition) is 2. The number of nitrogens with one attached hydrogen (secondary N) is 2. The maximum Gasteiger partial charge on any atom is 0.249 e. The van der Waals surface area contributed by atoms with Gasteiger partial charge in [-0.3, -0.25) is 0 Å². The monoisotopic (exact) mass is 493 g/mol. The van der Waals surface area contributed by atoms with Gasteiger partial charge in [0.15, 0.2) is 0 Å². The van der Waals surface area contributed by atoms with Gasteiger partial charge in [0.2, 0.25) is 34.9 Å². The van der Waals surface area contributed by atoms with Crippen LogP contribution in [0.25, 0.3) is 23.3 Å². The third-order valence-corrected chi connectivity index (χ3v) is 3.05. The van der Waals surface area contributed by atoms with Crippen LogP contribution in [0.1, 0.15) is 0 Å². The van der Waals surface area contributed by atoms with Gasteiger partial charge in [-0.15, -0.1) is 51.0 Å². The third kappa shape index (κ3) is 4.51. The fourth-order valence-electron chi connectivity index (χ4n) is 1.81. The van der Waals surface area contributed by atoms with Gasteiger partial charge < -0.3 is 0 Å². The Kier molecular flexibility index (Phi) is 6.03. The number of H-pyrrole nitrogens is 2. The average Bonchev–Trinajstić information content (AvgIpc) is 3.67. The summed E-state index contributed by atoms with van der Waals surface area (Å²) in [5, 5.41) is 82.1. The molecule has 4 aromatic heterocycles. The Balaban J connectivity index is 0.000000198. The molecule has 2 N–H and O–H groups in total.